The van der Waals surface area contributed by atoms with E-state index in [0.29, 0.717) is 16.9 Å². The summed E-state index contributed by atoms with van der Waals surface area (Å²) in [6.45, 7) is 0. The Kier molecular flexibility index (Phi) is 3.47. The molecule has 0 radical (unpaired) electrons. The minimum absolute atomic E-state index is 0.292. The maximum absolute atomic E-state index is 11.8. The summed E-state index contributed by atoms with van der Waals surface area (Å²) >= 11 is 3.27. The number of nitrogens with one attached hydrogen (secondary N) is 2. The second-order valence-electron chi connectivity index (χ2n) is 3.63. The number of carbonyl (C=O) groups excluding carboxylic acids is 1. The molecule has 92 valence electrons. The summed E-state index contributed by atoms with van der Waals surface area (Å²) in [4.78, 5) is 25.4. The molecule has 1 aromatic carbocycles. The van der Waals surface area contributed by atoms with Crippen molar-refractivity contribution in [2.75, 3.05) is 11.1 Å². The minimum Gasteiger partial charge on any atom is -0.398 e. The van der Waals surface area contributed by atoms with E-state index in [2.05, 4.69) is 26.2 Å². The topological polar surface area (TPSA) is 88.0 Å². The van der Waals surface area contributed by atoms with Crippen molar-refractivity contribution in [3.63, 3.8) is 0 Å². The van der Waals surface area contributed by atoms with Gasteiger partial charge < -0.3 is 16.0 Å². The van der Waals surface area contributed by atoms with Crippen molar-refractivity contribution in [1.82, 2.24) is 4.98 Å². The fourth-order valence-corrected chi connectivity index (χ4v) is 1.66. The number of nitrogen functional groups attached to an aromatic ring is 1. The van der Waals surface area contributed by atoms with Gasteiger partial charge in [0.1, 0.15) is 0 Å². The molecular formula is C12H10BrN3O2. The van der Waals surface area contributed by atoms with E-state index < -0.39 is 0 Å². The number of rotatable bonds is 2. The van der Waals surface area contributed by atoms with Crippen LogP contribution in [0.15, 0.2) is 45.8 Å². The van der Waals surface area contributed by atoms with Gasteiger partial charge in [0, 0.05) is 33.7 Å². The molecule has 0 bridgehead atoms. The number of benzene rings is 1. The normalized spacial score (nSPS) is 10.1. The van der Waals surface area contributed by atoms with Crippen LogP contribution in [0.2, 0.25) is 0 Å². The number of hydrogen-bond acceptors (Lipinski definition) is 3. The Balaban J connectivity index is 2.21. The molecule has 0 fully saturated rings. The number of amides is 1. The average molecular weight is 308 g/mol. The highest BCUT2D eigenvalue weighted by molar-refractivity contribution is 9.10. The number of nitrogens with two attached hydrogens (primary N) is 1. The van der Waals surface area contributed by atoms with Gasteiger partial charge in [-0.1, -0.05) is 0 Å². The fourth-order valence-electron chi connectivity index (χ4n) is 1.41. The van der Waals surface area contributed by atoms with Crippen molar-refractivity contribution in [3.8, 4) is 0 Å². The number of carbonyl (C=O) groups is 1. The smallest absolute Gasteiger partial charge is 0.255 e. The van der Waals surface area contributed by atoms with Crippen LogP contribution in [0.25, 0.3) is 0 Å². The van der Waals surface area contributed by atoms with Crippen LogP contribution in [0, 0.1) is 0 Å². The monoisotopic (exact) mass is 307 g/mol. The number of aromatic amines is 1. The van der Waals surface area contributed by atoms with Crippen molar-refractivity contribution in [2.24, 2.45) is 0 Å². The zero-order valence-electron chi connectivity index (χ0n) is 9.24. The molecule has 2 rings (SSSR count). The average Bonchev–Trinajstić information content (AvgIpc) is 2.34. The Labute approximate surface area is 111 Å². The molecule has 0 atom stereocenters. The molecule has 0 aliphatic rings. The Bertz CT molecular complexity index is 652. The molecule has 5 nitrogen and oxygen atoms in total. The number of halogens is 1. The molecule has 0 aliphatic heterocycles. The zero-order chi connectivity index (χ0) is 13.1. The van der Waals surface area contributed by atoms with E-state index in [0.717, 1.165) is 4.47 Å². The number of hydrogen-bond donors (Lipinski definition) is 3. The summed E-state index contributed by atoms with van der Waals surface area (Å²) in [5, 5.41) is 2.66. The highest BCUT2D eigenvalue weighted by Crippen LogP contribution is 2.23. The van der Waals surface area contributed by atoms with Crippen LogP contribution in [0.5, 0.6) is 0 Å². The van der Waals surface area contributed by atoms with E-state index in [4.69, 9.17) is 5.73 Å². The van der Waals surface area contributed by atoms with Crippen LogP contribution in [-0.4, -0.2) is 10.9 Å². The number of H-pyrrole nitrogens is 1. The summed E-state index contributed by atoms with van der Waals surface area (Å²) in [7, 11) is 0. The molecule has 4 N–H and O–H groups in total. The molecule has 6 heteroatoms. The number of anilines is 2. The van der Waals surface area contributed by atoms with E-state index in [1.165, 1.54) is 18.3 Å². The molecule has 1 aromatic heterocycles. The van der Waals surface area contributed by atoms with E-state index >= 15 is 0 Å². The number of aromatic nitrogens is 1. The van der Waals surface area contributed by atoms with Gasteiger partial charge in [-0.15, -0.1) is 0 Å². The lowest BCUT2D eigenvalue weighted by molar-refractivity contribution is 0.102. The van der Waals surface area contributed by atoms with Gasteiger partial charge in [-0.05, 0) is 40.2 Å². The molecule has 2 aromatic rings. The summed E-state index contributed by atoms with van der Waals surface area (Å²) in [6, 6.07) is 7.85. The SMILES string of the molecule is Nc1cc(NC(=O)c2cc[nH]c(=O)c2)ccc1Br. The zero-order valence-corrected chi connectivity index (χ0v) is 10.8. The second-order valence-corrected chi connectivity index (χ2v) is 4.49. The van der Waals surface area contributed by atoms with Gasteiger partial charge in [0.05, 0.1) is 0 Å². The van der Waals surface area contributed by atoms with Crippen LogP contribution in [0.3, 0.4) is 0 Å². The third-order valence-corrected chi connectivity index (χ3v) is 3.01. The quantitative estimate of drug-likeness (QED) is 0.741. The highest BCUT2D eigenvalue weighted by atomic mass is 79.9. The van der Waals surface area contributed by atoms with Gasteiger partial charge in [0.15, 0.2) is 0 Å². The van der Waals surface area contributed by atoms with Crippen LogP contribution >= 0.6 is 15.9 Å². The largest absolute Gasteiger partial charge is 0.398 e. The third kappa shape index (κ3) is 2.78. The van der Waals surface area contributed by atoms with E-state index in [1.807, 2.05) is 0 Å². The Morgan fingerprint density at radius 3 is 2.72 bits per heavy atom. The highest BCUT2D eigenvalue weighted by Gasteiger charge is 2.07. The predicted octanol–water partition coefficient (Wildman–Crippen LogP) is 1.97. The standard InChI is InChI=1S/C12H10BrN3O2/c13-9-2-1-8(6-10(9)14)16-12(18)7-3-4-15-11(17)5-7/h1-6H,14H2,(H,15,17)(H,16,18). The van der Waals surface area contributed by atoms with Crippen molar-refractivity contribution in [1.29, 1.82) is 0 Å². The lowest BCUT2D eigenvalue weighted by atomic mass is 10.2. The van der Waals surface area contributed by atoms with Gasteiger partial charge in [0.2, 0.25) is 5.56 Å². The van der Waals surface area contributed by atoms with Crippen LogP contribution in [0.1, 0.15) is 10.4 Å². The molecule has 18 heavy (non-hydrogen) atoms. The van der Waals surface area contributed by atoms with Crippen molar-refractivity contribution >= 4 is 33.2 Å². The van der Waals surface area contributed by atoms with Crippen molar-refractivity contribution in [2.45, 2.75) is 0 Å². The Morgan fingerprint density at radius 2 is 2.06 bits per heavy atom. The lowest BCUT2D eigenvalue weighted by Gasteiger charge is -2.06. The predicted molar refractivity (Wildman–Crippen MR) is 73.6 cm³/mol. The second kappa shape index (κ2) is 5.05. The van der Waals surface area contributed by atoms with E-state index in [1.54, 1.807) is 18.2 Å². The fraction of sp³-hybridized carbons (Fsp3) is 0. The van der Waals surface area contributed by atoms with Gasteiger partial charge >= 0.3 is 0 Å². The van der Waals surface area contributed by atoms with Crippen LogP contribution < -0.4 is 16.6 Å². The summed E-state index contributed by atoms with van der Waals surface area (Å²) in [5.41, 5.74) is 6.77. The summed E-state index contributed by atoms with van der Waals surface area (Å²) < 4.78 is 0.761. The Morgan fingerprint density at radius 1 is 1.28 bits per heavy atom. The number of pyridine rings is 1. The van der Waals surface area contributed by atoms with Gasteiger partial charge in [-0.25, -0.2) is 0 Å². The van der Waals surface area contributed by atoms with E-state index in [-0.39, 0.29) is 11.5 Å². The van der Waals surface area contributed by atoms with Crippen LogP contribution in [0.4, 0.5) is 11.4 Å². The first-order valence-corrected chi connectivity index (χ1v) is 5.90. The molecule has 0 aliphatic carbocycles. The molecule has 0 spiro atoms. The maximum atomic E-state index is 11.8. The van der Waals surface area contributed by atoms with Gasteiger partial charge in [-0.2, -0.15) is 0 Å². The Hall–Kier alpha value is -2.08. The molecule has 1 heterocycles. The first kappa shape index (κ1) is 12.4. The molecule has 0 saturated carbocycles. The first-order chi connectivity index (χ1) is 8.56. The van der Waals surface area contributed by atoms with Crippen molar-refractivity contribution < 1.29 is 4.79 Å². The van der Waals surface area contributed by atoms with E-state index in [9.17, 15) is 9.59 Å². The lowest BCUT2D eigenvalue weighted by Crippen LogP contribution is -2.15. The van der Waals surface area contributed by atoms with Crippen molar-refractivity contribution in [3.05, 3.63) is 56.9 Å². The minimum atomic E-state index is -0.358. The molecular weight excluding hydrogens is 298 g/mol. The molecule has 0 saturated heterocycles. The molecule has 0 unspecified atom stereocenters. The first-order valence-electron chi connectivity index (χ1n) is 5.11. The van der Waals surface area contributed by atoms with Gasteiger partial charge in [0.25, 0.3) is 5.91 Å². The van der Waals surface area contributed by atoms with Crippen LogP contribution in [-0.2, 0) is 0 Å². The summed E-state index contributed by atoms with van der Waals surface area (Å²) in [5.74, 6) is -0.358. The molecule has 1 amide bonds. The maximum Gasteiger partial charge on any atom is 0.255 e. The third-order valence-electron chi connectivity index (χ3n) is 2.29. The van der Waals surface area contributed by atoms with Gasteiger partial charge in [-0.3, -0.25) is 9.59 Å². The summed E-state index contributed by atoms with van der Waals surface area (Å²) in [6.07, 6.45) is 1.42.